The lowest BCUT2D eigenvalue weighted by Crippen LogP contribution is -1.89. The number of nitrogen functional groups attached to an aromatic ring is 1. The Balaban J connectivity index is 2.82. The number of hydrogen-bond acceptors (Lipinski definition) is 2. The van der Waals surface area contributed by atoms with Crippen LogP contribution < -0.4 is 5.73 Å². The number of H-pyrrole nitrogens is 1. The van der Waals surface area contributed by atoms with Crippen molar-refractivity contribution < 1.29 is 0 Å². The van der Waals surface area contributed by atoms with E-state index < -0.39 is 0 Å². The van der Waals surface area contributed by atoms with Crippen molar-refractivity contribution in [3.8, 4) is 6.07 Å². The monoisotopic (exact) mass is 197 g/mol. The van der Waals surface area contributed by atoms with Crippen LogP contribution >= 0.6 is 0 Å². The Morgan fingerprint density at radius 1 is 1.53 bits per heavy atom. The van der Waals surface area contributed by atoms with Crippen LogP contribution in [0.15, 0.2) is 24.8 Å². The van der Waals surface area contributed by atoms with Crippen molar-refractivity contribution in [3.05, 3.63) is 36.0 Å². The van der Waals surface area contributed by atoms with Gasteiger partial charge in [0.2, 0.25) is 0 Å². The second-order valence-electron chi connectivity index (χ2n) is 3.57. The van der Waals surface area contributed by atoms with Gasteiger partial charge in [-0.05, 0) is 30.7 Å². The van der Waals surface area contributed by atoms with E-state index in [4.69, 9.17) is 11.0 Å². The van der Waals surface area contributed by atoms with Gasteiger partial charge < -0.3 is 10.7 Å². The number of aromatic amines is 1. The lowest BCUT2D eigenvalue weighted by atomic mass is 10.1. The van der Waals surface area contributed by atoms with Gasteiger partial charge in [-0.15, -0.1) is 0 Å². The van der Waals surface area contributed by atoms with E-state index >= 15 is 0 Å². The van der Waals surface area contributed by atoms with Crippen LogP contribution in [0.25, 0.3) is 16.5 Å². The van der Waals surface area contributed by atoms with Crippen LogP contribution in [0, 0.1) is 11.3 Å². The molecule has 3 nitrogen and oxygen atoms in total. The highest BCUT2D eigenvalue weighted by molar-refractivity contribution is 5.92. The van der Waals surface area contributed by atoms with Crippen LogP contribution in [0.2, 0.25) is 0 Å². The lowest BCUT2D eigenvalue weighted by Gasteiger charge is -1.97. The fourth-order valence-electron chi connectivity index (χ4n) is 1.58. The smallest absolute Gasteiger partial charge is 0.102 e. The van der Waals surface area contributed by atoms with Gasteiger partial charge in [0.25, 0.3) is 0 Å². The number of benzene rings is 1. The third-order valence-corrected chi connectivity index (χ3v) is 2.41. The molecule has 0 atom stereocenters. The molecule has 15 heavy (non-hydrogen) atoms. The first kappa shape index (κ1) is 9.35. The van der Waals surface area contributed by atoms with Crippen molar-refractivity contribution in [2.45, 2.75) is 6.92 Å². The highest BCUT2D eigenvalue weighted by Gasteiger charge is 2.08. The molecule has 74 valence electrons. The molecule has 0 aliphatic heterocycles. The number of fused-ring (bicyclic) bond motifs is 1. The molecule has 0 aliphatic rings. The van der Waals surface area contributed by atoms with Crippen LogP contribution in [-0.4, -0.2) is 4.98 Å². The van der Waals surface area contributed by atoms with E-state index in [1.54, 1.807) is 6.07 Å². The van der Waals surface area contributed by atoms with E-state index in [1.807, 2.05) is 19.1 Å². The summed E-state index contributed by atoms with van der Waals surface area (Å²) >= 11 is 0. The third-order valence-electron chi connectivity index (χ3n) is 2.41. The number of anilines is 1. The topological polar surface area (TPSA) is 65.6 Å². The van der Waals surface area contributed by atoms with Crippen LogP contribution in [0.1, 0.15) is 18.2 Å². The van der Waals surface area contributed by atoms with E-state index in [1.165, 1.54) is 0 Å². The summed E-state index contributed by atoms with van der Waals surface area (Å²) in [6, 6.07) is 7.63. The minimum absolute atomic E-state index is 0.511. The van der Waals surface area contributed by atoms with Crippen LogP contribution in [0.5, 0.6) is 0 Å². The lowest BCUT2D eigenvalue weighted by molar-refractivity contribution is 1.39. The minimum atomic E-state index is 0.511. The SMILES string of the molecule is C=C(C)c1cc2c(C#N)c(N)ccc2[nH]1. The van der Waals surface area contributed by atoms with Crippen LogP contribution in [0.3, 0.4) is 0 Å². The van der Waals surface area contributed by atoms with E-state index in [-0.39, 0.29) is 0 Å². The third kappa shape index (κ3) is 1.36. The molecule has 2 rings (SSSR count). The molecule has 1 heterocycles. The molecule has 3 heteroatoms. The number of hydrogen-bond donors (Lipinski definition) is 2. The molecule has 0 saturated carbocycles. The van der Waals surface area contributed by atoms with Gasteiger partial charge in [0.1, 0.15) is 6.07 Å². The molecule has 0 amide bonds. The maximum Gasteiger partial charge on any atom is 0.102 e. The molecule has 1 aromatic heterocycles. The Morgan fingerprint density at radius 2 is 2.27 bits per heavy atom. The Hall–Kier alpha value is -2.21. The Bertz CT molecular complexity index is 585. The zero-order chi connectivity index (χ0) is 11.0. The highest BCUT2D eigenvalue weighted by Crippen LogP contribution is 2.26. The maximum absolute atomic E-state index is 9.00. The number of nitrogens with one attached hydrogen (secondary N) is 1. The number of nitrogens with zero attached hydrogens (tertiary/aromatic N) is 1. The Labute approximate surface area is 87.8 Å². The molecular weight excluding hydrogens is 186 g/mol. The number of allylic oxidation sites excluding steroid dienone is 1. The van der Waals surface area contributed by atoms with Crippen molar-refractivity contribution in [1.82, 2.24) is 4.98 Å². The number of nitrogens with two attached hydrogens (primary N) is 1. The van der Waals surface area contributed by atoms with E-state index in [0.29, 0.717) is 11.3 Å². The van der Waals surface area contributed by atoms with Crippen LogP contribution in [-0.2, 0) is 0 Å². The number of nitriles is 1. The summed E-state index contributed by atoms with van der Waals surface area (Å²) in [5.41, 5.74) is 9.55. The summed E-state index contributed by atoms with van der Waals surface area (Å²) in [6.45, 7) is 5.77. The first-order chi connectivity index (χ1) is 7.13. The van der Waals surface area contributed by atoms with Crippen LogP contribution in [0.4, 0.5) is 5.69 Å². The zero-order valence-electron chi connectivity index (χ0n) is 8.46. The van der Waals surface area contributed by atoms with Crippen molar-refractivity contribution in [1.29, 1.82) is 5.26 Å². The Kier molecular flexibility index (Phi) is 1.98. The van der Waals surface area contributed by atoms with Crippen molar-refractivity contribution >= 4 is 22.2 Å². The summed E-state index contributed by atoms with van der Waals surface area (Å²) in [5.74, 6) is 0. The summed E-state index contributed by atoms with van der Waals surface area (Å²) in [5, 5.41) is 9.85. The molecule has 2 aromatic rings. The van der Waals surface area contributed by atoms with E-state index in [0.717, 1.165) is 22.2 Å². The summed E-state index contributed by atoms with van der Waals surface area (Å²) in [4.78, 5) is 3.19. The van der Waals surface area contributed by atoms with Gasteiger partial charge in [0, 0.05) is 16.6 Å². The van der Waals surface area contributed by atoms with Crippen molar-refractivity contribution in [2.24, 2.45) is 0 Å². The quantitative estimate of drug-likeness (QED) is 0.690. The first-order valence-electron chi connectivity index (χ1n) is 4.60. The fourth-order valence-corrected chi connectivity index (χ4v) is 1.58. The van der Waals surface area contributed by atoms with E-state index in [9.17, 15) is 0 Å². The normalized spacial score (nSPS) is 10.1. The number of aromatic nitrogens is 1. The second kappa shape index (κ2) is 3.18. The standard InChI is InChI=1S/C12H11N3/c1-7(2)12-5-8-9(6-13)10(14)3-4-11(8)15-12/h3-5,15H,1,14H2,2H3. The second-order valence-corrected chi connectivity index (χ2v) is 3.57. The van der Waals surface area contributed by atoms with Gasteiger partial charge in [-0.1, -0.05) is 6.58 Å². The average molecular weight is 197 g/mol. The molecule has 0 aliphatic carbocycles. The molecule has 0 spiro atoms. The predicted octanol–water partition coefficient (Wildman–Crippen LogP) is 2.65. The average Bonchev–Trinajstić information content (AvgIpc) is 2.61. The molecule has 3 N–H and O–H groups in total. The number of rotatable bonds is 1. The van der Waals surface area contributed by atoms with Gasteiger partial charge in [0.05, 0.1) is 11.3 Å². The Morgan fingerprint density at radius 3 is 2.87 bits per heavy atom. The molecule has 0 saturated heterocycles. The fraction of sp³-hybridized carbons (Fsp3) is 0.0833. The molecule has 0 fully saturated rings. The molecule has 0 bridgehead atoms. The first-order valence-corrected chi connectivity index (χ1v) is 4.60. The summed E-state index contributed by atoms with van der Waals surface area (Å²) in [7, 11) is 0. The largest absolute Gasteiger partial charge is 0.398 e. The van der Waals surface area contributed by atoms with Gasteiger partial charge in [0.15, 0.2) is 0 Å². The summed E-state index contributed by atoms with van der Waals surface area (Å²) < 4.78 is 0. The van der Waals surface area contributed by atoms with Gasteiger partial charge in [-0.2, -0.15) is 5.26 Å². The highest BCUT2D eigenvalue weighted by atomic mass is 14.7. The maximum atomic E-state index is 9.00. The molecular formula is C12H11N3. The minimum Gasteiger partial charge on any atom is -0.398 e. The molecule has 0 radical (unpaired) electrons. The van der Waals surface area contributed by atoms with Gasteiger partial charge in [-0.25, -0.2) is 0 Å². The van der Waals surface area contributed by atoms with Gasteiger partial charge in [-0.3, -0.25) is 0 Å². The predicted molar refractivity (Wildman–Crippen MR) is 62.1 cm³/mol. The molecule has 0 unspecified atom stereocenters. The van der Waals surface area contributed by atoms with Gasteiger partial charge >= 0.3 is 0 Å². The molecule has 1 aromatic carbocycles. The van der Waals surface area contributed by atoms with Crippen molar-refractivity contribution in [3.63, 3.8) is 0 Å². The van der Waals surface area contributed by atoms with E-state index in [2.05, 4.69) is 17.6 Å². The van der Waals surface area contributed by atoms with Crippen molar-refractivity contribution in [2.75, 3.05) is 5.73 Å². The summed E-state index contributed by atoms with van der Waals surface area (Å²) in [6.07, 6.45) is 0. The zero-order valence-corrected chi connectivity index (χ0v) is 8.46.